The highest BCUT2D eigenvalue weighted by molar-refractivity contribution is 5.94. The fourth-order valence-electron chi connectivity index (χ4n) is 2.48. The van der Waals surface area contributed by atoms with Gasteiger partial charge in [-0.2, -0.15) is 0 Å². The molecule has 0 aliphatic rings. The van der Waals surface area contributed by atoms with Crippen LogP contribution >= 0.6 is 0 Å². The molecule has 0 spiro atoms. The lowest BCUT2D eigenvalue weighted by Crippen LogP contribution is -2.10. The monoisotopic (exact) mass is 261 g/mol. The molecule has 0 bridgehead atoms. The van der Waals surface area contributed by atoms with Gasteiger partial charge in [-0.1, -0.05) is 57.2 Å². The summed E-state index contributed by atoms with van der Waals surface area (Å²) >= 11 is 0. The second-order valence-corrected chi connectivity index (χ2v) is 6.21. The van der Waals surface area contributed by atoms with Gasteiger partial charge in [-0.25, -0.2) is 0 Å². The summed E-state index contributed by atoms with van der Waals surface area (Å²) in [6.07, 6.45) is 1.89. The van der Waals surface area contributed by atoms with E-state index in [1.165, 1.54) is 22.1 Å². The van der Waals surface area contributed by atoms with Crippen LogP contribution in [-0.4, -0.2) is 4.98 Å². The van der Waals surface area contributed by atoms with Gasteiger partial charge < -0.3 is 0 Å². The normalized spacial score (nSPS) is 11.8. The summed E-state index contributed by atoms with van der Waals surface area (Å²) in [5.74, 6) is 0. The van der Waals surface area contributed by atoms with E-state index in [0.717, 1.165) is 5.52 Å². The highest BCUT2D eigenvalue weighted by Gasteiger charge is 2.15. The van der Waals surface area contributed by atoms with Crippen LogP contribution < -0.4 is 0 Å². The third-order valence-electron chi connectivity index (χ3n) is 3.69. The van der Waals surface area contributed by atoms with Crippen molar-refractivity contribution in [3.05, 3.63) is 66.4 Å². The summed E-state index contributed by atoms with van der Waals surface area (Å²) in [4.78, 5) is 4.49. The maximum Gasteiger partial charge on any atom is 0.0708 e. The minimum absolute atomic E-state index is 0.151. The second kappa shape index (κ2) is 4.75. The van der Waals surface area contributed by atoms with Crippen LogP contribution in [0.4, 0.5) is 0 Å². The van der Waals surface area contributed by atoms with Gasteiger partial charge in [0.2, 0.25) is 0 Å². The van der Waals surface area contributed by atoms with Crippen molar-refractivity contribution in [2.24, 2.45) is 0 Å². The molecule has 0 N–H and O–H groups in total. The number of hydrogen-bond acceptors (Lipinski definition) is 1. The van der Waals surface area contributed by atoms with Gasteiger partial charge in [0.25, 0.3) is 0 Å². The number of pyridine rings is 1. The maximum atomic E-state index is 4.49. The molecular weight excluding hydrogens is 242 g/mol. The highest BCUT2D eigenvalue weighted by atomic mass is 14.6. The standard InChI is InChI=1S/C19H19N/c1-19(2,3)15-9-10-18-17(13-15)16(11-12-20-18)14-7-5-4-6-8-14/h4-13H,1-3H3. The first-order valence-electron chi connectivity index (χ1n) is 7.00. The number of hydrogen-bond donors (Lipinski definition) is 0. The predicted octanol–water partition coefficient (Wildman–Crippen LogP) is 5.20. The topological polar surface area (TPSA) is 12.9 Å². The van der Waals surface area contributed by atoms with E-state index in [-0.39, 0.29) is 5.41 Å². The van der Waals surface area contributed by atoms with Crippen LogP contribution in [0, 0.1) is 0 Å². The van der Waals surface area contributed by atoms with Crippen LogP contribution in [0.2, 0.25) is 0 Å². The second-order valence-electron chi connectivity index (χ2n) is 6.21. The average Bonchev–Trinajstić information content (AvgIpc) is 2.46. The number of rotatable bonds is 1. The molecule has 100 valence electrons. The molecule has 0 fully saturated rings. The van der Waals surface area contributed by atoms with Gasteiger partial charge in [0.15, 0.2) is 0 Å². The van der Waals surface area contributed by atoms with Gasteiger partial charge >= 0.3 is 0 Å². The fourth-order valence-corrected chi connectivity index (χ4v) is 2.48. The minimum atomic E-state index is 0.151. The van der Waals surface area contributed by atoms with E-state index in [0.29, 0.717) is 0 Å². The molecule has 1 aromatic heterocycles. The molecular formula is C19H19N. The molecule has 0 aliphatic carbocycles. The molecule has 1 heteroatoms. The highest BCUT2D eigenvalue weighted by Crippen LogP contribution is 2.31. The van der Waals surface area contributed by atoms with Crippen molar-refractivity contribution in [3.63, 3.8) is 0 Å². The van der Waals surface area contributed by atoms with Crippen LogP contribution in [0.15, 0.2) is 60.8 Å². The van der Waals surface area contributed by atoms with E-state index < -0.39 is 0 Å². The van der Waals surface area contributed by atoms with Crippen molar-refractivity contribution >= 4 is 10.9 Å². The van der Waals surface area contributed by atoms with Crippen molar-refractivity contribution in [2.45, 2.75) is 26.2 Å². The first-order chi connectivity index (χ1) is 9.55. The Morgan fingerprint density at radius 2 is 1.60 bits per heavy atom. The SMILES string of the molecule is CC(C)(C)c1ccc2nccc(-c3ccccc3)c2c1. The average molecular weight is 261 g/mol. The van der Waals surface area contributed by atoms with Gasteiger partial charge in [0, 0.05) is 11.6 Å². The van der Waals surface area contributed by atoms with Crippen LogP contribution in [0.3, 0.4) is 0 Å². The fraction of sp³-hybridized carbons (Fsp3) is 0.211. The molecule has 0 aliphatic heterocycles. The number of fused-ring (bicyclic) bond motifs is 1. The molecule has 1 heterocycles. The Labute approximate surface area is 120 Å². The van der Waals surface area contributed by atoms with E-state index in [1.807, 2.05) is 12.3 Å². The Kier molecular flexibility index (Phi) is 3.06. The summed E-state index contributed by atoms with van der Waals surface area (Å²) in [5.41, 5.74) is 5.04. The van der Waals surface area contributed by atoms with Gasteiger partial charge in [-0.05, 0) is 40.3 Å². The molecule has 20 heavy (non-hydrogen) atoms. The molecule has 0 atom stereocenters. The summed E-state index contributed by atoms with van der Waals surface area (Å²) in [5, 5.41) is 1.23. The van der Waals surface area contributed by atoms with Crippen molar-refractivity contribution < 1.29 is 0 Å². The van der Waals surface area contributed by atoms with Crippen LogP contribution in [0.25, 0.3) is 22.0 Å². The maximum absolute atomic E-state index is 4.49. The van der Waals surface area contributed by atoms with Crippen molar-refractivity contribution in [1.82, 2.24) is 4.98 Å². The summed E-state index contributed by atoms with van der Waals surface area (Å²) in [6.45, 7) is 6.73. The van der Waals surface area contributed by atoms with Crippen molar-refractivity contribution in [3.8, 4) is 11.1 Å². The smallest absolute Gasteiger partial charge is 0.0708 e. The molecule has 3 rings (SSSR count). The Bertz CT molecular complexity index is 737. The van der Waals surface area contributed by atoms with Crippen molar-refractivity contribution in [1.29, 1.82) is 0 Å². The zero-order valence-corrected chi connectivity index (χ0v) is 12.2. The van der Waals surface area contributed by atoms with Crippen LogP contribution in [0.1, 0.15) is 26.3 Å². The van der Waals surface area contributed by atoms with Crippen LogP contribution in [0.5, 0.6) is 0 Å². The molecule has 0 amide bonds. The third-order valence-corrected chi connectivity index (χ3v) is 3.69. The Morgan fingerprint density at radius 3 is 2.30 bits per heavy atom. The zero-order valence-electron chi connectivity index (χ0n) is 12.2. The third kappa shape index (κ3) is 2.32. The molecule has 0 radical (unpaired) electrons. The van der Waals surface area contributed by atoms with Crippen LogP contribution in [-0.2, 0) is 5.41 Å². The Hall–Kier alpha value is -2.15. The van der Waals surface area contributed by atoms with E-state index in [4.69, 9.17) is 0 Å². The molecule has 0 unspecified atom stereocenters. The summed E-state index contributed by atoms with van der Waals surface area (Å²) < 4.78 is 0. The lowest BCUT2D eigenvalue weighted by Gasteiger charge is -2.20. The minimum Gasteiger partial charge on any atom is -0.256 e. The molecule has 1 nitrogen and oxygen atoms in total. The van der Waals surface area contributed by atoms with Gasteiger partial charge in [-0.15, -0.1) is 0 Å². The van der Waals surface area contributed by atoms with E-state index in [2.05, 4.69) is 74.3 Å². The Balaban J connectivity index is 2.28. The molecule has 2 aromatic carbocycles. The van der Waals surface area contributed by atoms with Gasteiger partial charge in [0.1, 0.15) is 0 Å². The van der Waals surface area contributed by atoms with Gasteiger partial charge in [0.05, 0.1) is 5.52 Å². The van der Waals surface area contributed by atoms with Gasteiger partial charge in [-0.3, -0.25) is 4.98 Å². The molecule has 3 aromatic rings. The largest absolute Gasteiger partial charge is 0.256 e. The van der Waals surface area contributed by atoms with E-state index >= 15 is 0 Å². The predicted molar refractivity (Wildman–Crippen MR) is 85.9 cm³/mol. The van der Waals surface area contributed by atoms with Crippen molar-refractivity contribution in [2.75, 3.05) is 0 Å². The number of nitrogens with zero attached hydrogens (tertiary/aromatic N) is 1. The Morgan fingerprint density at radius 1 is 0.850 bits per heavy atom. The summed E-state index contributed by atoms with van der Waals surface area (Å²) in [6, 6.07) is 19.2. The molecule has 0 saturated heterocycles. The number of aromatic nitrogens is 1. The summed E-state index contributed by atoms with van der Waals surface area (Å²) in [7, 11) is 0. The number of benzene rings is 2. The first kappa shape index (κ1) is 12.9. The van der Waals surface area contributed by atoms with E-state index in [1.54, 1.807) is 0 Å². The zero-order chi connectivity index (χ0) is 14.2. The lowest BCUT2D eigenvalue weighted by molar-refractivity contribution is 0.591. The van der Waals surface area contributed by atoms with E-state index in [9.17, 15) is 0 Å². The quantitative estimate of drug-likeness (QED) is 0.586. The molecule has 0 saturated carbocycles. The lowest BCUT2D eigenvalue weighted by atomic mass is 9.85. The first-order valence-corrected chi connectivity index (χ1v) is 7.00.